The van der Waals surface area contributed by atoms with Crippen LogP contribution in [0.4, 0.5) is 5.69 Å². The molecule has 0 saturated carbocycles. The van der Waals surface area contributed by atoms with Crippen molar-refractivity contribution in [2.75, 3.05) is 12.8 Å². The van der Waals surface area contributed by atoms with Gasteiger partial charge in [-0.3, -0.25) is 14.9 Å². The largest absolute Gasteiger partial charge is 0.338 e. The summed E-state index contributed by atoms with van der Waals surface area (Å²) in [5.74, 6) is 0.317. The lowest BCUT2D eigenvalue weighted by molar-refractivity contribution is -0.384. The number of hydrogen-bond acceptors (Lipinski definition) is 4. The number of hydrogen-bond donors (Lipinski definition) is 0. The molecule has 0 radical (unpaired) electrons. The SMILES string of the molecule is C[C@H](c1cccc([N+](=O)[O-])c1)N(C)C(=O)CSc1ccccc1. The Morgan fingerprint density at radius 1 is 1.22 bits per heavy atom. The molecule has 0 N–H and O–H groups in total. The van der Waals surface area contributed by atoms with Gasteiger partial charge in [-0.25, -0.2) is 0 Å². The summed E-state index contributed by atoms with van der Waals surface area (Å²) in [6, 6.07) is 15.9. The third-order valence-corrected chi connectivity index (χ3v) is 4.64. The summed E-state index contributed by atoms with van der Waals surface area (Å²) in [7, 11) is 1.72. The van der Waals surface area contributed by atoms with Gasteiger partial charge in [0, 0.05) is 24.1 Å². The Balaban J connectivity index is 2.01. The van der Waals surface area contributed by atoms with Gasteiger partial charge in [-0.1, -0.05) is 30.3 Å². The molecule has 2 rings (SSSR count). The van der Waals surface area contributed by atoms with Crippen LogP contribution >= 0.6 is 11.8 Å². The second-order valence-corrected chi connectivity index (χ2v) is 6.18. The normalized spacial score (nSPS) is 11.7. The maximum atomic E-state index is 12.3. The van der Waals surface area contributed by atoms with E-state index >= 15 is 0 Å². The lowest BCUT2D eigenvalue weighted by Crippen LogP contribution is -2.31. The van der Waals surface area contributed by atoms with E-state index in [1.54, 1.807) is 24.1 Å². The van der Waals surface area contributed by atoms with Crippen molar-refractivity contribution in [3.8, 4) is 0 Å². The number of carbonyl (C=O) groups is 1. The highest BCUT2D eigenvalue weighted by molar-refractivity contribution is 8.00. The monoisotopic (exact) mass is 330 g/mol. The first-order chi connectivity index (χ1) is 11.0. The number of carbonyl (C=O) groups excluding carboxylic acids is 1. The number of rotatable bonds is 6. The Bertz CT molecular complexity index is 691. The van der Waals surface area contributed by atoms with Gasteiger partial charge < -0.3 is 4.90 Å². The van der Waals surface area contributed by atoms with Crippen LogP contribution in [-0.2, 0) is 4.79 Å². The van der Waals surface area contributed by atoms with Gasteiger partial charge in [0.05, 0.1) is 16.7 Å². The summed E-state index contributed by atoms with van der Waals surface area (Å²) in [5, 5.41) is 10.9. The van der Waals surface area contributed by atoms with Crippen molar-refractivity contribution in [2.24, 2.45) is 0 Å². The number of nitro benzene ring substituents is 1. The second-order valence-electron chi connectivity index (χ2n) is 5.13. The average molecular weight is 330 g/mol. The van der Waals surface area contributed by atoms with Gasteiger partial charge in [0.1, 0.15) is 0 Å². The molecule has 1 amide bonds. The molecular formula is C17H18N2O3S. The number of amides is 1. The first-order valence-electron chi connectivity index (χ1n) is 7.17. The summed E-state index contributed by atoms with van der Waals surface area (Å²) in [6.45, 7) is 1.87. The molecule has 23 heavy (non-hydrogen) atoms. The molecule has 0 bridgehead atoms. The summed E-state index contributed by atoms with van der Waals surface area (Å²) in [6.07, 6.45) is 0. The van der Waals surface area contributed by atoms with Gasteiger partial charge in [-0.15, -0.1) is 11.8 Å². The molecule has 0 unspecified atom stereocenters. The van der Waals surface area contributed by atoms with Gasteiger partial charge in [0.2, 0.25) is 5.91 Å². The molecule has 0 aromatic heterocycles. The third-order valence-electron chi connectivity index (χ3n) is 3.64. The molecule has 1 atom stereocenters. The van der Waals surface area contributed by atoms with Gasteiger partial charge in [-0.05, 0) is 24.6 Å². The topological polar surface area (TPSA) is 63.5 Å². The minimum atomic E-state index is -0.427. The van der Waals surface area contributed by atoms with Crippen molar-refractivity contribution < 1.29 is 9.72 Å². The van der Waals surface area contributed by atoms with Gasteiger partial charge >= 0.3 is 0 Å². The fourth-order valence-corrected chi connectivity index (χ4v) is 2.94. The highest BCUT2D eigenvalue weighted by Crippen LogP contribution is 2.24. The summed E-state index contributed by atoms with van der Waals surface area (Å²) >= 11 is 1.48. The Labute approximate surface area is 139 Å². The van der Waals surface area contributed by atoms with Crippen LogP contribution in [0.25, 0.3) is 0 Å². The molecule has 5 nitrogen and oxygen atoms in total. The fourth-order valence-electron chi connectivity index (χ4n) is 2.10. The zero-order chi connectivity index (χ0) is 16.8. The van der Waals surface area contributed by atoms with Crippen molar-refractivity contribution >= 4 is 23.4 Å². The Morgan fingerprint density at radius 2 is 1.91 bits per heavy atom. The average Bonchev–Trinajstić information content (AvgIpc) is 2.59. The molecule has 0 saturated heterocycles. The van der Waals surface area contributed by atoms with Crippen LogP contribution in [-0.4, -0.2) is 28.5 Å². The first-order valence-corrected chi connectivity index (χ1v) is 8.15. The first kappa shape index (κ1) is 17.0. The number of benzene rings is 2. The van der Waals surface area contributed by atoms with Crippen molar-refractivity contribution in [1.29, 1.82) is 0 Å². The minimum absolute atomic E-state index is 0.0159. The molecule has 0 aliphatic carbocycles. The highest BCUT2D eigenvalue weighted by atomic mass is 32.2. The van der Waals surface area contributed by atoms with Crippen molar-refractivity contribution in [3.05, 3.63) is 70.3 Å². The van der Waals surface area contributed by atoms with Crippen molar-refractivity contribution in [1.82, 2.24) is 4.90 Å². The Kier molecular flexibility index (Phi) is 5.76. The molecule has 0 fully saturated rings. The molecular weight excluding hydrogens is 312 g/mol. The number of thioether (sulfide) groups is 1. The molecule has 0 aliphatic heterocycles. The van der Waals surface area contributed by atoms with E-state index in [-0.39, 0.29) is 17.6 Å². The van der Waals surface area contributed by atoms with Crippen molar-refractivity contribution in [2.45, 2.75) is 17.9 Å². The van der Waals surface area contributed by atoms with Crippen molar-refractivity contribution in [3.63, 3.8) is 0 Å². The van der Waals surface area contributed by atoms with Gasteiger partial charge in [0.15, 0.2) is 0 Å². The Hall–Kier alpha value is -2.34. The fraction of sp³-hybridized carbons (Fsp3) is 0.235. The van der Waals surface area contributed by atoms with Crippen LogP contribution in [0.2, 0.25) is 0 Å². The number of non-ortho nitro benzene ring substituents is 1. The van der Waals surface area contributed by atoms with Crippen LogP contribution in [0.15, 0.2) is 59.5 Å². The predicted molar refractivity (Wildman–Crippen MR) is 91.4 cm³/mol. The zero-order valence-corrected chi connectivity index (χ0v) is 13.8. The van der Waals surface area contributed by atoms with E-state index in [0.717, 1.165) is 10.5 Å². The van der Waals surface area contributed by atoms with E-state index < -0.39 is 4.92 Å². The summed E-state index contributed by atoms with van der Waals surface area (Å²) in [5.41, 5.74) is 0.786. The number of nitro groups is 1. The van der Waals surface area contributed by atoms with Crippen LogP contribution in [0.3, 0.4) is 0 Å². The van der Waals surface area contributed by atoms with Crippen LogP contribution < -0.4 is 0 Å². The van der Waals surface area contributed by atoms with E-state index in [4.69, 9.17) is 0 Å². The zero-order valence-electron chi connectivity index (χ0n) is 13.0. The standard InChI is InChI=1S/C17H18N2O3S/c1-13(14-7-6-8-15(11-14)19(21)22)18(2)17(20)12-23-16-9-4-3-5-10-16/h3-11,13H,12H2,1-2H3/t13-/m1/s1. The van der Waals surface area contributed by atoms with Gasteiger partial charge in [-0.2, -0.15) is 0 Å². The summed E-state index contributed by atoms with van der Waals surface area (Å²) in [4.78, 5) is 25.4. The van der Waals surface area contributed by atoms with E-state index in [2.05, 4.69) is 0 Å². The maximum Gasteiger partial charge on any atom is 0.269 e. The van der Waals surface area contributed by atoms with Crippen LogP contribution in [0.5, 0.6) is 0 Å². The van der Waals surface area contributed by atoms with E-state index in [0.29, 0.717) is 5.75 Å². The smallest absolute Gasteiger partial charge is 0.269 e. The van der Waals surface area contributed by atoms with E-state index in [1.807, 2.05) is 37.3 Å². The lowest BCUT2D eigenvalue weighted by Gasteiger charge is -2.25. The Morgan fingerprint density at radius 3 is 2.57 bits per heavy atom. The summed E-state index contributed by atoms with van der Waals surface area (Å²) < 4.78 is 0. The molecule has 0 spiro atoms. The van der Waals surface area contributed by atoms with E-state index in [1.165, 1.54) is 23.9 Å². The molecule has 0 aliphatic rings. The predicted octanol–water partition coefficient (Wildman–Crippen LogP) is 3.91. The highest BCUT2D eigenvalue weighted by Gasteiger charge is 2.19. The van der Waals surface area contributed by atoms with Crippen LogP contribution in [0, 0.1) is 10.1 Å². The molecule has 6 heteroatoms. The lowest BCUT2D eigenvalue weighted by atomic mass is 10.1. The molecule has 0 heterocycles. The molecule has 2 aromatic rings. The molecule has 2 aromatic carbocycles. The van der Waals surface area contributed by atoms with Crippen LogP contribution in [0.1, 0.15) is 18.5 Å². The third kappa shape index (κ3) is 4.56. The molecule has 120 valence electrons. The number of nitrogens with zero attached hydrogens (tertiary/aromatic N) is 2. The quantitative estimate of drug-likeness (QED) is 0.458. The van der Waals surface area contributed by atoms with Gasteiger partial charge in [0.25, 0.3) is 5.69 Å². The maximum absolute atomic E-state index is 12.3. The minimum Gasteiger partial charge on any atom is -0.338 e. The van der Waals surface area contributed by atoms with E-state index in [9.17, 15) is 14.9 Å². The second kappa shape index (κ2) is 7.78.